The summed E-state index contributed by atoms with van der Waals surface area (Å²) in [7, 11) is 0. The third-order valence-corrected chi connectivity index (χ3v) is 1.70. The second kappa shape index (κ2) is 8.71. The SMILES string of the molecule is CC(C)C[C@H](NC(=O)OC(C)(C)C)C(=O)O.NN. The highest BCUT2D eigenvalue weighted by Crippen LogP contribution is 2.09. The van der Waals surface area contributed by atoms with Gasteiger partial charge in [0.05, 0.1) is 0 Å². The van der Waals surface area contributed by atoms with Crippen LogP contribution in [0.5, 0.6) is 0 Å². The number of nitrogens with one attached hydrogen (secondary N) is 1. The molecule has 0 unspecified atom stereocenters. The molecule has 0 aromatic rings. The number of carbonyl (C=O) groups is 2. The van der Waals surface area contributed by atoms with Gasteiger partial charge in [0.15, 0.2) is 0 Å². The van der Waals surface area contributed by atoms with Gasteiger partial charge >= 0.3 is 12.1 Å². The molecule has 6 N–H and O–H groups in total. The van der Waals surface area contributed by atoms with Crippen molar-refractivity contribution >= 4 is 12.1 Å². The molecule has 0 heterocycles. The summed E-state index contributed by atoms with van der Waals surface area (Å²) >= 11 is 0. The number of carboxylic acids is 1. The first-order chi connectivity index (χ1) is 8.11. The quantitative estimate of drug-likeness (QED) is 0.439. The van der Waals surface area contributed by atoms with E-state index in [0.29, 0.717) is 6.42 Å². The molecule has 0 saturated carbocycles. The molecule has 0 aliphatic heterocycles. The Bertz CT molecular complexity index is 262. The van der Waals surface area contributed by atoms with Gasteiger partial charge in [0.1, 0.15) is 11.6 Å². The number of hydrogen-bond acceptors (Lipinski definition) is 5. The summed E-state index contributed by atoms with van der Waals surface area (Å²) in [4.78, 5) is 22.2. The molecule has 0 aliphatic carbocycles. The van der Waals surface area contributed by atoms with Gasteiger partial charge in [-0.05, 0) is 33.1 Å². The van der Waals surface area contributed by atoms with E-state index in [4.69, 9.17) is 9.84 Å². The predicted octanol–water partition coefficient (Wildman–Crippen LogP) is 0.829. The van der Waals surface area contributed by atoms with Gasteiger partial charge in [-0.2, -0.15) is 0 Å². The molecular formula is C11H25N3O4. The van der Waals surface area contributed by atoms with E-state index in [1.54, 1.807) is 20.8 Å². The van der Waals surface area contributed by atoms with E-state index >= 15 is 0 Å². The van der Waals surface area contributed by atoms with Gasteiger partial charge in [-0.1, -0.05) is 13.8 Å². The Balaban J connectivity index is 0. The van der Waals surface area contributed by atoms with Crippen LogP contribution in [-0.4, -0.2) is 28.8 Å². The molecule has 0 bridgehead atoms. The summed E-state index contributed by atoms with van der Waals surface area (Å²) in [6, 6.07) is -0.894. The van der Waals surface area contributed by atoms with Crippen LogP contribution in [0.1, 0.15) is 41.0 Å². The second-order valence-electron chi connectivity index (χ2n) is 5.17. The Kier molecular flexibility index (Phi) is 9.20. The summed E-state index contributed by atoms with van der Waals surface area (Å²) in [5, 5.41) is 11.2. The Hall–Kier alpha value is -1.34. The first-order valence-corrected chi connectivity index (χ1v) is 5.67. The van der Waals surface area contributed by atoms with Gasteiger partial charge in [0.25, 0.3) is 0 Å². The zero-order valence-electron chi connectivity index (χ0n) is 11.7. The van der Waals surface area contributed by atoms with E-state index < -0.39 is 23.7 Å². The van der Waals surface area contributed by atoms with Crippen LogP contribution >= 0.6 is 0 Å². The molecule has 0 radical (unpaired) electrons. The molecule has 0 rings (SSSR count). The predicted molar refractivity (Wildman–Crippen MR) is 68.6 cm³/mol. The number of aliphatic carboxylic acids is 1. The zero-order chi connectivity index (χ0) is 14.9. The standard InChI is InChI=1S/C11H21NO4.H4N2/c1-7(2)6-8(9(13)14)12-10(15)16-11(3,4)5;1-2/h7-8H,6H2,1-5H3,(H,12,15)(H,13,14);1-2H2/t8-;/m0./s1. The molecule has 0 fully saturated rings. The average molecular weight is 263 g/mol. The third-order valence-electron chi connectivity index (χ3n) is 1.70. The Morgan fingerprint density at radius 2 is 1.72 bits per heavy atom. The van der Waals surface area contributed by atoms with Crippen molar-refractivity contribution in [3.8, 4) is 0 Å². The lowest BCUT2D eigenvalue weighted by Crippen LogP contribution is -2.44. The van der Waals surface area contributed by atoms with Gasteiger partial charge in [-0.25, -0.2) is 9.59 Å². The third kappa shape index (κ3) is 11.2. The topological polar surface area (TPSA) is 128 Å². The minimum absolute atomic E-state index is 0.191. The normalized spacial score (nSPS) is 12.2. The van der Waals surface area contributed by atoms with E-state index in [1.807, 2.05) is 13.8 Å². The number of ether oxygens (including phenoxy) is 1. The van der Waals surface area contributed by atoms with Crippen LogP contribution in [0, 0.1) is 5.92 Å². The number of alkyl carbamates (subject to hydrolysis) is 1. The highest BCUT2D eigenvalue weighted by Gasteiger charge is 2.24. The van der Waals surface area contributed by atoms with Gasteiger partial charge in [-0.3, -0.25) is 11.7 Å². The maximum atomic E-state index is 11.4. The maximum absolute atomic E-state index is 11.4. The van der Waals surface area contributed by atoms with Crippen molar-refractivity contribution in [1.29, 1.82) is 0 Å². The van der Waals surface area contributed by atoms with Crippen molar-refractivity contribution in [2.45, 2.75) is 52.7 Å². The molecule has 108 valence electrons. The van der Waals surface area contributed by atoms with Crippen LogP contribution in [-0.2, 0) is 9.53 Å². The molecule has 7 nitrogen and oxygen atoms in total. The number of hydrogen-bond donors (Lipinski definition) is 4. The van der Waals surface area contributed by atoms with Gasteiger partial charge in [-0.15, -0.1) is 0 Å². The average Bonchev–Trinajstić information content (AvgIpc) is 2.16. The Morgan fingerprint density at radius 3 is 2.00 bits per heavy atom. The summed E-state index contributed by atoms with van der Waals surface area (Å²) < 4.78 is 4.99. The van der Waals surface area contributed by atoms with Crippen LogP contribution in [0.2, 0.25) is 0 Å². The minimum Gasteiger partial charge on any atom is -0.480 e. The van der Waals surface area contributed by atoms with Crippen molar-refractivity contribution in [3.05, 3.63) is 0 Å². The lowest BCUT2D eigenvalue weighted by Gasteiger charge is -2.22. The second-order valence-corrected chi connectivity index (χ2v) is 5.17. The van der Waals surface area contributed by atoms with Gasteiger partial charge < -0.3 is 15.2 Å². The van der Waals surface area contributed by atoms with E-state index in [1.165, 1.54) is 0 Å². The molecule has 0 aromatic heterocycles. The highest BCUT2D eigenvalue weighted by atomic mass is 16.6. The van der Waals surface area contributed by atoms with Crippen molar-refractivity contribution in [2.24, 2.45) is 17.6 Å². The number of carboxylic acid groups (broad SMARTS) is 1. The summed E-state index contributed by atoms with van der Waals surface area (Å²) in [5.74, 6) is 7.15. The first kappa shape index (κ1) is 19.0. The monoisotopic (exact) mass is 263 g/mol. The molecule has 1 amide bonds. The molecule has 1 atom stereocenters. The van der Waals surface area contributed by atoms with E-state index in [0.717, 1.165) is 0 Å². The minimum atomic E-state index is -1.04. The van der Waals surface area contributed by atoms with Crippen molar-refractivity contribution in [2.75, 3.05) is 0 Å². The number of carbonyl (C=O) groups excluding carboxylic acids is 1. The molecular weight excluding hydrogens is 238 g/mol. The zero-order valence-corrected chi connectivity index (χ0v) is 11.7. The number of rotatable bonds is 4. The highest BCUT2D eigenvalue weighted by molar-refractivity contribution is 5.79. The molecule has 0 spiro atoms. The summed E-state index contributed by atoms with van der Waals surface area (Å²) in [6.07, 6.45) is -0.310. The van der Waals surface area contributed by atoms with Crippen LogP contribution in [0.15, 0.2) is 0 Å². The summed E-state index contributed by atoms with van der Waals surface area (Å²) in [5.41, 5.74) is -0.620. The van der Waals surface area contributed by atoms with E-state index in [2.05, 4.69) is 17.0 Å². The molecule has 0 aromatic carbocycles. The van der Waals surface area contributed by atoms with E-state index in [9.17, 15) is 9.59 Å². The van der Waals surface area contributed by atoms with Crippen molar-refractivity contribution in [3.63, 3.8) is 0 Å². The van der Waals surface area contributed by atoms with Crippen molar-refractivity contribution < 1.29 is 19.4 Å². The number of amides is 1. The number of nitrogens with two attached hydrogens (primary N) is 2. The van der Waals surface area contributed by atoms with Crippen LogP contribution in [0.25, 0.3) is 0 Å². The van der Waals surface area contributed by atoms with Gasteiger partial charge in [0.2, 0.25) is 0 Å². The van der Waals surface area contributed by atoms with Crippen molar-refractivity contribution in [1.82, 2.24) is 5.32 Å². The number of hydrazine groups is 1. The smallest absolute Gasteiger partial charge is 0.408 e. The summed E-state index contributed by atoms with van der Waals surface area (Å²) in [6.45, 7) is 8.97. The lowest BCUT2D eigenvalue weighted by molar-refractivity contribution is -0.139. The van der Waals surface area contributed by atoms with Crippen LogP contribution in [0.4, 0.5) is 4.79 Å². The van der Waals surface area contributed by atoms with E-state index in [-0.39, 0.29) is 5.92 Å². The Labute approximate surface area is 108 Å². The lowest BCUT2D eigenvalue weighted by atomic mass is 10.0. The molecule has 7 heteroatoms. The molecule has 0 aliphatic rings. The van der Waals surface area contributed by atoms with Gasteiger partial charge in [0, 0.05) is 0 Å². The molecule has 0 saturated heterocycles. The first-order valence-electron chi connectivity index (χ1n) is 5.67. The fraction of sp³-hybridized carbons (Fsp3) is 0.818. The Morgan fingerprint density at radius 1 is 1.28 bits per heavy atom. The maximum Gasteiger partial charge on any atom is 0.408 e. The van der Waals surface area contributed by atoms with Crippen LogP contribution in [0.3, 0.4) is 0 Å². The fourth-order valence-corrected chi connectivity index (χ4v) is 1.14. The molecule has 18 heavy (non-hydrogen) atoms. The largest absolute Gasteiger partial charge is 0.480 e. The van der Waals surface area contributed by atoms with Crippen LogP contribution < -0.4 is 17.0 Å². The fourth-order valence-electron chi connectivity index (χ4n) is 1.14.